The highest BCUT2D eigenvalue weighted by molar-refractivity contribution is 5.28. The highest BCUT2D eigenvalue weighted by atomic mass is 16.1. The van der Waals surface area contributed by atoms with Crippen LogP contribution in [0.2, 0.25) is 0 Å². The van der Waals surface area contributed by atoms with Crippen LogP contribution in [0.25, 0.3) is 0 Å². The molecule has 0 spiro atoms. The molecule has 4 saturated carbocycles. The van der Waals surface area contributed by atoms with E-state index in [4.69, 9.17) is 0 Å². The van der Waals surface area contributed by atoms with Gasteiger partial charge in [0.15, 0.2) is 0 Å². The maximum Gasteiger partial charge on any atom is 0.268 e. The third-order valence-electron chi connectivity index (χ3n) is 5.93. The van der Waals surface area contributed by atoms with Gasteiger partial charge in [-0.25, -0.2) is 5.10 Å². The third kappa shape index (κ3) is 1.85. The van der Waals surface area contributed by atoms with Crippen molar-refractivity contribution in [1.29, 1.82) is 0 Å². The molecule has 1 aromatic rings. The molecule has 0 radical (unpaired) electrons. The third-order valence-corrected chi connectivity index (χ3v) is 5.93. The van der Waals surface area contributed by atoms with E-state index >= 15 is 0 Å². The van der Waals surface area contributed by atoms with Crippen molar-refractivity contribution in [2.24, 2.45) is 23.7 Å². The van der Waals surface area contributed by atoms with Crippen LogP contribution in [0.3, 0.4) is 0 Å². The Morgan fingerprint density at radius 3 is 2.45 bits per heavy atom. The first-order valence-electron chi connectivity index (χ1n) is 7.97. The van der Waals surface area contributed by atoms with Crippen LogP contribution in [0.5, 0.6) is 0 Å². The molecule has 2 N–H and O–H groups in total. The van der Waals surface area contributed by atoms with E-state index in [0.29, 0.717) is 12.5 Å². The minimum absolute atomic E-state index is 0.00865. The zero-order chi connectivity index (χ0) is 13.7. The minimum atomic E-state index is -0.00865. The molecule has 108 valence electrons. The number of nitrogens with zero attached hydrogens (tertiary/aromatic N) is 1. The molecule has 4 aliphatic rings. The van der Waals surface area contributed by atoms with Gasteiger partial charge in [0.05, 0.1) is 6.20 Å². The number of aromatic nitrogens is 2. The van der Waals surface area contributed by atoms with Crippen LogP contribution in [-0.2, 0) is 6.54 Å². The fourth-order valence-corrected chi connectivity index (χ4v) is 5.52. The summed E-state index contributed by atoms with van der Waals surface area (Å²) in [4.78, 5) is 12.1. The Hall–Kier alpha value is -1.16. The van der Waals surface area contributed by atoms with Gasteiger partial charge in [-0.2, -0.15) is 5.10 Å². The minimum Gasteiger partial charge on any atom is -0.315 e. The van der Waals surface area contributed by atoms with E-state index in [1.165, 1.54) is 37.7 Å². The quantitative estimate of drug-likeness (QED) is 0.886. The van der Waals surface area contributed by atoms with E-state index < -0.39 is 0 Å². The number of nitrogens with one attached hydrogen (secondary N) is 2. The Kier molecular flexibility index (Phi) is 2.95. The van der Waals surface area contributed by atoms with Gasteiger partial charge in [0.1, 0.15) is 0 Å². The summed E-state index contributed by atoms with van der Waals surface area (Å²) >= 11 is 0. The van der Waals surface area contributed by atoms with E-state index in [9.17, 15) is 4.79 Å². The SMILES string of the molecule is CNCc1c(C2C3CC4CC(C3)CC2C4)cn[nH]c1=O. The summed E-state index contributed by atoms with van der Waals surface area (Å²) in [5.74, 6) is 4.12. The first-order chi connectivity index (χ1) is 9.76. The molecule has 20 heavy (non-hydrogen) atoms. The molecule has 0 aromatic carbocycles. The Balaban J connectivity index is 1.74. The molecule has 0 aliphatic heterocycles. The van der Waals surface area contributed by atoms with E-state index in [1.807, 2.05) is 13.2 Å². The van der Waals surface area contributed by atoms with Crippen LogP contribution in [0.4, 0.5) is 0 Å². The average Bonchev–Trinajstić information content (AvgIpc) is 2.41. The van der Waals surface area contributed by atoms with Gasteiger partial charge >= 0.3 is 0 Å². The maximum absolute atomic E-state index is 12.1. The smallest absolute Gasteiger partial charge is 0.268 e. The van der Waals surface area contributed by atoms with Crippen molar-refractivity contribution in [3.8, 4) is 0 Å². The Labute approximate surface area is 119 Å². The van der Waals surface area contributed by atoms with Gasteiger partial charge in [-0.05, 0) is 74.3 Å². The molecular weight excluding hydrogens is 250 g/mol. The van der Waals surface area contributed by atoms with Crippen LogP contribution in [0, 0.1) is 23.7 Å². The van der Waals surface area contributed by atoms with Crippen molar-refractivity contribution in [3.05, 3.63) is 27.7 Å². The molecule has 4 fully saturated rings. The number of hydrogen-bond acceptors (Lipinski definition) is 3. The Bertz CT molecular complexity index is 537. The van der Waals surface area contributed by atoms with Gasteiger partial charge in [0, 0.05) is 12.1 Å². The highest BCUT2D eigenvalue weighted by Gasteiger charge is 2.49. The molecular formula is C16H23N3O. The summed E-state index contributed by atoms with van der Waals surface area (Å²) < 4.78 is 0. The zero-order valence-corrected chi connectivity index (χ0v) is 12.1. The summed E-state index contributed by atoms with van der Waals surface area (Å²) in [6, 6.07) is 0. The lowest BCUT2D eigenvalue weighted by atomic mass is 9.50. The first kappa shape index (κ1) is 12.6. The van der Waals surface area contributed by atoms with Gasteiger partial charge in [0.2, 0.25) is 0 Å². The topological polar surface area (TPSA) is 57.8 Å². The summed E-state index contributed by atoms with van der Waals surface area (Å²) in [6.45, 7) is 0.649. The van der Waals surface area contributed by atoms with Gasteiger partial charge in [0.25, 0.3) is 5.56 Å². The molecule has 0 unspecified atom stereocenters. The largest absolute Gasteiger partial charge is 0.315 e. The second kappa shape index (κ2) is 4.69. The second-order valence-corrected chi connectivity index (χ2v) is 7.12. The molecule has 5 rings (SSSR count). The van der Waals surface area contributed by atoms with E-state index in [0.717, 1.165) is 29.2 Å². The molecule has 4 nitrogen and oxygen atoms in total. The van der Waals surface area contributed by atoms with E-state index in [-0.39, 0.29) is 5.56 Å². The Morgan fingerprint density at radius 1 is 1.20 bits per heavy atom. The van der Waals surface area contributed by atoms with Crippen LogP contribution >= 0.6 is 0 Å². The number of rotatable bonds is 3. The monoisotopic (exact) mass is 273 g/mol. The van der Waals surface area contributed by atoms with Gasteiger partial charge < -0.3 is 5.32 Å². The lowest BCUT2D eigenvalue weighted by Crippen LogP contribution is -2.44. The van der Waals surface area contributed by atoms with Crippen molar-refractivity contribution in [3.63, 3.8) is 0 Å². The lowest BCUT2D eigenvalue weighted by Gasteiger charge is -2.54. The molecule has 4 bridgehead atoms. The molecule has 0 saturated heterocycles. The second-order valence-electron chi connectivity index (χ2n) is 7.12. The summed E-state index contributed by atoms with van der Waals surface area (Å²) in [7, 11) is 1.90. The predicted molar refractivity (Wildman–Crippen MR) is 77.4 cm³/mol. The van der Waals surface area contributed by atoms with Crippen LogP contribution in [-0.4, -0.2) is 17.2 Å². The van der Waals surface area contributed by atoms with Crippen LogP contribution < -0.4 is 10.9 Å². The van der Waals surface area contributed by atoms with Gasteiger partial charge in [-0.1, -0.05) is 0 Å². The number of H-pyrrole nitrogens is 1. The summed E-state index contributed by atoms with van der Waals surface area (Å²) in [5.41, 5.74) is 2.14. The molecule has 1 heterocycles. The van der Waals surface area contributed by atoms with Crippen LogP contribution in [0.1, 0.15) is 49.1 Å². The molecule has 1 aromatic heterocycles. The number of aromatic amines is 1. The Morgan fingerprint density at radius 2 is 1.85 bits per heavy atom. The lowest BCUT2D eigenvalue weighted by molar-refractivity contribution is -0.00327. The summed E-state index contributed by atoms with van der Waals surface area (Å²) in [5, 5.41) is 9.84. The van der Waals surface area contributed by atoms with Gasteiger partial charge in [-0.3, -0.25) is 4.79 Å². The average molecular weight is 273 g/mol. The molecule has 4 heteroatoms. The van der Waals surface area contributed by atoms with Crippen LogP contribution in [0.15, 0.2) is 11.0 Å². The fourth-order valence-electron chi connectivity index (χ4n) is 5.52. The van der Waals surface area contributed by atoms with E-state index in [2.05, 4.69) is 15.5 Å². The van der Waals surface area contributed by atoms with Crippen molar-refractivity contribution in [2.45, 2.75) is 44.6 Å². The van der Waals surface area contributed by atoms with Crippen molar-refractivity contribution < 1.29 is 0 Å². The maximum atomic E-state index is 12.1. The predicted octanol–water partition coefficient (Wildman–Crippen LogP) is 2.03. The van der Waals surface area contributed by atoms with Gasteiger partial charge in [-0.15, -0.1) is 0 Å². The fraction of sp³-hybridized carbons (Fsp3) is 0.750. The normalized spacial score (nSPS) is 38.4. The number of hydrogen-bond donors (Lipinski definition) is 2. The molecule has 0 amide bonds. The van der Waals surface area contributed by atoms with E-state index in [1.54, 1.807) is 0 Å². The van der Waals surface area contributed by atoms with Crippen molar-refractivity contribution in [2.75, 3.05) is 7.05 Å². The standard InChI is InChI=1S/C16H23N3O/c1-17-7-14-13(8-18-19-16(14)20)15-11-3-9-2-10(5-11)6-12(15)4-9/h8-12,15,17H,2-7H2,1H3,(H,19,20). The highest BCUT2D eigenvalue weighted by Crippen LogP contribution is 2.59. The zero-order valence-electron chi connectivity index (χ0n) is 12.1. The van der Waals surface area contributed by atoms with Crippen molar-refractivity contribution in [1.82, 2.24) is 15.5 Å². The molecule has 4 aliphatic carbocycles. The summed E-state index contributed by atoms with van der Waals surface area (Å²) in [6.07, 6.45) is 8.91. The first-order valence-corrected chi connectivity index (χ1v) is 7.97. The van der Waals surface area contributed by atoms with Crippen molar-refractivity contribution >= 4 is 0 Å². The molecule has 0 atom stereocenters.